The van der Waals surface area contributed by atoms with E-state index in [1.165, 1.54) is 16.7 Å². The molecule has 1 heterocycles. The summed E-state index contributed by atoms with van der Waals surface area (Å²) in [6, 6.07) is 6.95. The van der Waals surface area contributed by atoms with Gasteiger partial charge in [-0.25, -0.2) is 0 Å². The van der Waals surface area contributed by atoms with E-state index in [9.17, 15) is 0 Å². The number of rotatable bonds is 3. The molecule has 0 aliphatic carbocycles. The number of morpholine rings is 1. The van der Waals surface area contributed by atoms with Gasteiger partial charge in [-0.1, -0.05) is 23.8 Å². The average molecular weight is 262 g/mol. The largest absolute Gasteiger partial charge is 0.373 e. The first-order valence-corrected chi connectivity index (χ1v) is 7.18. The van der Waals surface area contributed by atoms with E-state index in [2.05, 4.69) is 50.8 Å². The number of benzene rings is 1. The third kappa shape index (κ3) is 3.35. The summed E-state index contributed by atoms with van der Waals surface area (Å²) in [5.41, 5.74) is 10.0. The smallest absolute Gasteiger partial charge is 0.0678 e. The van der Waals surface area contributed by atoms with Crippen molar-refractivity contribution in [1.29, 1.82) is 0 Å². The molecule has 1 aliphatic heterocycles. The number of nitrogens with zero attached hydrogens (tertiary/aromatic N) is 1. The molecule has 0 amide bonds. The topological polar surface area (TPSA) is 38.5 Å². The van der Waals surface area contributed by atoms with Crippen molar-refractivity contribution < 1.29 is 4.74 Å². The zero-order chi connectivity index (χ0) is 14.0. The van der Waals surface area contributed by atoms with Crippen LogP contribution in [-0.2, 0) is 4.74 Å². The molecule has 3 atom stereocenters. The highest BCUT2D eigenvalue weighted by atomic mass is 16.5. The molecule has 2 rings (SSSR count). The van der Waals surface area contributed by atoms with Crippen LogP contribution in [0.2, 0.25) is 0 Å². The van der Waals surface area contributed by atoms with Gasteiger partial charge in [0.2, 0.25) is 0 Å². The van der Waals surface area contributed by atoms with Crippen LogP contribution in [-0.4, -0.2) is 36.7 Å². The number of nitrogens with two attached hydrogens (primary N) is 1. The molecular weight excluding hydrogens is 236 g/mol. The fraction of sp³-hybridized carbons (Fsp3) is 0.625. The van der Waals surface area contributed by atoms with Gasteiger partial charge in [-0.05, 0) is 38.8 Å². The maximum Gasteiger partial charge on any atom is 0.0678 e. The van der Waals surface area contributed by atoms with Crippen LogP contribution in [0.5, 0.6) is 0 Å². The van der Waals surface area contributed by atoms with Gasteiger partial charge in [0.1, 0.15) is 0 Å². The second-order valence-corrected chi connectivity index (χ2v) is 5.82. The summed E-state index contributed by atoms with van der Waals surface area (Å²) in [6.45, 7) is 11.2. The Hall–Kier alpha value is -0.900. The fourth-order valence-corrected chi connectivity index (χ4v) is 3.14. The molecule has 1 aliphatic rings. The first-order valence-electron chi connectivity index (χ1n) is 7.18. The molecule has 2 N–H and O–H groups in total. The van der Waals surface area contributed by atoms with Gasteiger partial charge in [-0.3, -0.25) is 4.90 Å². The van der Waals surface area contributed by atoms with Gasteiger partial charge in [0, 0.05) is 25.7 Å². The first kappa shape index (κ1) is 14.5. The fourth-order valence-electron chi connectivity index (χ4n) is 3.14. The van der Waals surface area contributed by atoms with Gasteiger partial charge in [0.05, 0.1) is 12.2 Å². The minimum Gasteiger partial charge on any atom is -0.373 e. The van der Waals surface area contributed by atoms with Crippen LogP contribution in [0.1, 0.15) is 36.6 Å². The number of aryl methyl sites for hydroxylation is 2. The van der Waals surface area contributed by atoms with Crippen LogP contribution in [0, 0.1) is 13.8 Å². The van der Waals surface area contributed by atoms with Crippen LogP contribution in [0.4, 0.5) is 0 Å². The van der Waals surface area contributed by atoms with Gasteiger partial charge in [-0.15, -0.1) is 0 Å². The predicted molar refractivity (Wildman–Crippen MR) is 79.3 cm³/mol. The standard InChI is InChI=1S/C16H26N2O/c1-11-5-6-15(12(2)7-11)16(8-17)18-9-13(3)19-14(4)10-18/h5-7,13-14,16H,8-10,17H2,1-4H3. The Kier molecular flexibility index (Phi) is 4.61. The minimum atomic E-state index is 0.281. The Morgan fingerprint density at radius 2 is 1.89 bits per heavy atom. The Morgan fingerprint density at radius 1 is 1.26 bits per heavy atom. The SMILES string of the molecule is Cc1ccc(C(CN)N2CC(C)OC(C)C2)c(C)c1. The number of ether oxygens (including phenoxy) is 1. The molecule has 0 aromatic heterocycles. The molecule has 3 unspecified atom stereocenters. The van der Waals surface area contributed by atoms with Crippen molar-refractivity contribution in [1.82, 2.24) is 4.90 Å². The van der Waals surface area contributed by atoms with E-state index in [0.29, 0.717) is 12.6 Å². The van der Waals surface area contributed by atoms with E-state index in [0.717, 1.165) is 13.1 Å². The second kappa shape index (κ2) is 6.04. The van der Waals surface area contributed by atoms with E-state index in [4.69, 9.17) is 10.5 Å². The van der Waals surface area contributed by atoms with Gasteiger partial charge in [0.25, 0.3) is 0 Å². The van der Waals surface area contributed by atoms with E-state index < -0.39 is 0 Å². The average Bonchev–Trinajstić information content (AvgIpc) is 2.31. The zero-order valence-corrected chi connectivity index (χ0v) is 12.5. The van der Waals surface area contributed by atoms with Crippen LogP contribution >= 0.6 is 0 Å². The van der Waals surface area contributed by atoms with Gasteiger partial charge < -0.3 is 10.5 Å². The molecule has 19 heavy (non-hydrogen) atoms. The Bertz CT molecular complexity index is 423. The molecule has 1 aromatic carbocycles. The molecule has 0 radical (unpaired) electrons. The minimum absolute atomic E-state index is 0.281. The molecule has 1 fully saturated rings. The van der Waals surface area contributed by atoms with Gasteiger partial charge in [-0.2, -0.15) is 0 Å². The maximum atomic E-state index is 6.05. The molecule has 3 heteroatoms. The Labute approximate surface area is 116 Å². The molecule has 1 aromatic rings. The summed E-state index contributed by atoms with van der Waals surface area (Å²) < 4.78 is 5.81. The molecule has 0 bridgehead atoms. The third-order valence-corrected chi connectivity index (χ3v) is 3.90. The van der Waals surface area contributed by atoms with Gasteiger partial charge in [0.15, 0.2) is 0 Å². The number of hydrogen-bond acceptors (Lipinski definition) is 3. The molecular formula is C16H26N2O. The zero-order valence-electron chi connectivity index (χ0n) is 12.5. The first-order chi connectivity index (χ1) is 9.01. The molecule has 1 saturated heterocycles. The van der Waals surface area contributed by atoms with Gasteiger partial charge >= 0.3 is 0 Å². The lowest BCUT2D eigenvalue weighted by atomic mass is 9.97. The van der Waals surface area contributed by atoms with E-state index >= 15 is 0 Å². The normalized spacial score (nSPS) is 26.4. The highest BCUT2D eigenvalue weighted by molar-refractivity contribution is 5.33. The monoisotopic (exact) mass is 262 g/mol. The second-order valence-electron chi connectivity index (χ2n) is 5.82. The molecule has 106 valence electrons. The maximum absolute atomic E-state index is 6.05. The van der Waals surface area contributed by atoms with Crippen molar-refractivity contribution in [2.45, 2.75) is 45.9 Å². The van der Waals surface area contributed by atoms with Crippen LogP contribution in [0.25, 0.3) is 0 Å². The molecule has 0 saturated carbocycles. The lowest BCUT2D eigenvalue weighted by Crippen LogP contribution is -2.48. The molecule has 0 spiro atoms. The van der Waals surface area contributed by atoms with E-state index in [1.807, 2.05) is 0 Å². The van der Waals surface area contributed by atoms with Crippen molar-refractivity contribution in [2.75, 3.05) is 19.6 Å². The van der Waals surface area contributed by atoms with Crippen LogP contribution in [0.15, 0.2) is 18.2 Å². The Morgan fingerprint density at radius 3 is 2.42 bits per heavy atom. The van der Waals surface area contributed by atoms with Crippen LogP contribution in [0.3, 0.4) is 0 Å². The summed E-state index contributed by atoms with van der Waals surface area (Å²) in [7, 11) is 0. The highest BCUT2D eigenvalue weighted by Crippen LogP contribution is 2.27. The summed E-state index contributed by atoms with van der Waals surface area (Å²) in [4.78, 5) is 2.47. The summed E-state index contributed by atoms with van der Waals surface area (Å²) >= 11 is 0. The summed E-state index contributed by atoms with van der Waals surface area (Å²) in [5, 5.41) is 0. The third-order valence-electron chi connectivity index (χ3n) is 3.90. The lowest BCUT2D eigenvalue weighted by Gasteiger charge is -2.40. The predicted octanol–water partition coefficient (Wildman–Crippen LogP) is 2.41. The molecule has 3 nitrogen and oxygen atoms in total. The quantitative estimate of drug-likeness (QED) is 0.909. The van der Waals surface area contributed by atoms with E-state index in [1.54, 1.807) is 0 Å². The van der Waals surface area contributed by atoms with Crippen molar-refractivity contribution >= 4 is 0 Å². The van der Waals surface area contributed by atoms with Crippen molar-refractivity contribution in [3.8, 4) is 0 Å². The van der Waals surface area contributed by atoms with E-state index in [-0.39, 0.29) is 12.2 Å². The van der Waals surface area contributed by atoms with Crippen molar-refractivity contribution in [2.24, 2.45) is 5.73 Å². The summed E-state index contributed by atoms with van der Waals surface area (Å²) in [6.07, 6.45) is 0.562. The Balaban J connectivity index is 2.23. The highest BCUT2D eigenvalue weighted by Gasteiger charge is 2.28. The van der Waals surface area contributed by atoms with Crippen molar-refractivity contribution in [3.05, 3.63) is 34.9 Å². The van der Waals surface area contributed by atoms with Crippen LogP contribution < -0.4 is 5.73 Å². The lowest BCUT2D eigenvalue weighted by molar-refractivity contribution is -0.0800. The number of hydrogen-bond donors (Lipinski definition) is 1. The summed E-state index contributed by atoms with van der Waals surface area (Å²) in [5.74, 6) is 0. The van der Waals surface area contributed by atoms with Crippen molar-refractivity contribution in [3.63, 3.8) is 0 Å².